The third kappa shape index (κ3) is 1.63. The predicted molar refractivity (Wildman–Crippen MR) is 51.6 cm³/mol. The molecule has 3 N–H and O–H groups in total. The molecule has 1 aromatic carbocycles. The van der Waals surface area contributed by atoms with E-state index in [-0.39, 0.29) is 6.04 Å². The van der Waals surface area contributed by atoms with Crippen molar-refractivity contribution < 1.29 is 4.74 Å². The largest absolute Gasteiger partial charge is 0.493 e. The van der Waals surface area contributed by atoms with Gasteiger partial charge in [-0.25, -0.2) is 0 Å². The maximum absolute atomic E-state index is 5.87. The smallest absolute Gasteiger partial charge is 0.124 e. The highest BCUT2D eigenvalue weighted by Gasteiger charge is 2.20. The van der Waals surface area contributed by atoms with Crippen molar-refractivity contribution in [3.05, 3.63) is 28.8 Å². The maximum Gasteiger partial charge on any atom is 0.124 e. The average Bonchev–Trinajstić information content (AvgIpc) is 2.17. The van der Waals surface area contributed by atoms with Crippen molar-refractivity contribution >= 4 is 11.6 Å². The van der Waals surface area contributed by atoms with Crippen LogP contribution in [0.4, 0.5) is 0 Å². The molecule has 0 amide bonds. The van der Waals surface area contributed by atoms with Gasteiger partial charge in [0.05, 0.1) is 12.6 Å². The van der Waals surface area contributed by atoms with Crippen LogP contribution in [0.5, 0.6) is 5.75 Å². The number of rotatable bonds is 1. The fraction of sp³-hybridized carbons (Fsp3) is 0.333. The summed E-state index contributed by atoms with van der Waals surface area (Å²) >= 11 is 5.87. The third-order valence-corrected chi connectivity index (χ3v) is 2.45. The minimum Gasteiger partial charge on any atom is -0.493 e. The van der Waals surface area contributed by atoms with E-state index >= 15 is 0 Å². The summed E-state index contributed by atoms with van der Waals surface area (Å²) in [6.07, 6.45) is 0.879. The first-order valence-corrected chi connectivity index (χ1v) is 4.57. The Morgan fingerprint density at radius 1 is 1.54 bits per heavy atom. The maximum atomic E-state index is 5.87. The number of fused-ring (bicyclic) bond motifs is 1. The number of hydrogen-bond acceptors (Lipinski definition) is 3. The Morgan fingerprint density at radius 2 is 2.38 bits per heavy atom. The first-order valence-electron chi connectivity index (χ1n) is 4.19. The van der Waals surface area contributed by atoms with Crippen LogP contribution in [0.1, 0.15) is 18.0 Å². The Balaban J connectivity index is 2.41. The highest BCUT2D eigenvalue weighted by atomic mass is 35.5. The fourth-order valence-corrected chi connectivity index (χ4v) is 1.72. The molecule has 1 heterocycles. The number of nitrogens with two attached hydrogens (primary N) is 1. The lowest BCUT2D eigenvalue weighted by Gasteiger charge is -2.25. The van der Waals surface area contributed by atoms with Gasteiger partial charge in [-0.05, 0) is 18.2 Å². The van der Waals surface area contributed by atoms with Crippen LogP contribution in [-0.4, -0.2) is 6.61 Å². The molecule has 13 heavy (non-hydrogen) atoms. The first kappa shape index (κ1) is 8.81. The van der Waals surface area contributed by atoms with E-state index in [1.54, 1.807) is 0 Å². The summed E-state index contributed by atoms with van der Waals surface area (Å²) in [6, 6.07) is 5.74. The Kier molecular flexibility index (Phi) is 2.40. The predicted octanol–water partition coefficient (Wildman–Crippen LogP) is 1.63. The van der Waals surface area contributed by atoms with E-state index in [0.29, 0.717) is 11.6 Å². The highest BCUT2D eigenvalue weighted by molar-refractivity contribution is 6.30. The van der Waals surface area contributed by atoms with Gasteiger partial charge in [-0.3, -0.25) is 11.3 Å². The van der Waals surface area contributed by atoms with Gasteiger partial charge in [0.1, 0.15) is 5.75 Å². The Labute approximate surface area is 81.8 Å². The number of ether oxygens (including phenoxy) is 1. The van der Waals surface area contributed by atoms with Crippen LogP contribution in [0.2, 0.25) is 5.02 Å². The van der Waals surface area contributed by atoms with Gasteiger partial charge in [0.2, 0.25) is 0 Å². The molecule has 0 aliphatic carbocycles. The highest BCUT2D eigenvalue weighted by Crippen LogP contribution is 2.33. The van der Waals surface area contributed by atoms with Gasteiger partial charge in [0.25, 0.3) is 0 Å². The summed E-state index contributed by atoms with van der Waals surface area (Å²) in [7, 11) is 0. The van der Waals surface area contributed by atoms with Crippen molar-refractivity contribution in [2.75, 3.05) is 6.61 Å². The summed E-state index contributed by atoms with van der Waals surface area (Å²) in [5, 5.41) is 0.713. The molecule has 1 aliphatic rings. The monoisotopic (exact) mass is 198 g/mol. The zero-order chi connectivity index (χ0) is 9.26. The van der Waals surface area contributed by atoms with Crippen molar-refractivity contribution in [1.82, 2.24) is 5.43 Å². The molecule has 1 aliphatic heterocycles. The van der Waals surface area contributed by atoms with Gasteiger partial charge in [-0.1, -0.05) is 11.6 Å². The van der Waals surface area contributed by atoms with Crippen LogP contribution < -0.4 is 16.0 Å². The molecule has 3 nitrogen and oxygen atoms in total. The fourth-order valence-electron chi connectivity index (χ4n) is 1.54. The van der Waals surface area contributed by atoms with E-state index in [0.717, 1.165) is 17.7 Å². The summed E-state index contributed by atoms with van der Waals surface area (Å²) in [5.74, 6) is 6.29. The van der Waals surface area contributed by atoms with Crippen LogP contribution in [0.25, 0.3) is 0 Å². The zero-order valence-electron chi connectivity index (χ0n) is 7.09. The van der Waals surface area contributed by atoms with Gasteiger partial charge in [-0.15, -0.1) is 0 Å². The second-order valence-corrected chi connectivity index (χ2v) is 3.47. The second-order valence-electron chi connectivity index (χ2n) is 3.04. The number of benzene rings is 1. The minimum atomic E-state index is 0.155. The number of halogens is 1. The van der Waals surface area contributed by atoms with Gasteiger partial charge >= 0.3 is 0 Å². The molecule has 0 aromatic heterocycles. The Morgan fingerprint density at radius 3 is 3.15 bits per heavy atom. The van der Waals surface area contributed by atoms with Crippen molar-refractivity contribution in [3.8, 4) is 5.75 Å². The molecule has 0 fully saturated rings. The molecule has 0 saturated heterocycles. The molecule has 0 saturated carbocycles. The lowest BCUT2D eigenvalue weighted by Crippen LogP contribution is -2.31. The van der Waals surface area contributed by atoms with Crippen LogP contribution in [0.15, 0.2) is 18.2 Å². The van der Waals surface area contributed by atoms with Crippen molar-refractivity contribution in [2.45, 2.75) is 12.5 Å². The molecule has 0 spiro atoms. The van der Waals surface area contributed by atoms with Crippen molar-refractivity contribution in [1.29, 1.82) is 0 Å². The van der Waals surface area contributed by atoms with Gasteiger partial charge < -0.3 is 4.74 Å². The summed E-state index contributed by atoms with van der Waals surface area (Å²) in [4.78, 5) is 0. The molecular formula is C9H11ClN2O. The summed E-state index contributed by atoms with van der Waals surface area (Å²) in [5.41, 5.74) is 3.79. The van der Waals surface area contributed by atoms with Gasteiger partial charge in [0.15, 0.2) is 0 Å². The molecule has 1 atom stereocenters. The lowest BCUT2D eigenvalue weighted by atomic mass is 10.0. The number of hydrogen-bond donors (Lipinski definition) is 2. The van der Waals surface area contributed by atoms with Crippen molar-refractivity contribution in [2.24, 2.45) is 5.84 Å². The topological polar surface area (TPSA) is 47.3 Å². The number of nitrogens with one attached hydrogen (secondary N) is 1. The molecule has 4 heteroatoms. The summed E-state index contributed by atoms with van der Waals surface area (Å²) < 4.78 is 5.46. The normalized spacial score (nSPS) is 20.6. The summed E-state index contributed by atoms with van der Waals surface area (Å²) in [6.45, 7) is 0.698. The van der Waals surface area contributed by atoms with Crippen molar-refractivity contribution in [3.63, 3.8) is 0 Å². The standard InChI is InChI=1S/C9H11ClN2O/c10-6-1-2-9-7(5-6)8(12-11)3-4-13-9/h1-2,5,8,12H,3-4,11H2/t8-/m1/s1. The third-order valence-electron chi connectivity index (χ3n) is 2.21. The van der Waals surface area contributed by atoms with E-state index in [1.807, 2.05) is 18.2 Å². The van der Waals surface area contributed by atoms with E-state index in [4.69, 9.17) is 22.2 Å². The molecule has 0 radical (unpaired) electrons. The molecule has 1 aromatic rings. The molecule has 2 rings (SSSR count). The average molecular weight is 199 g/mol. The van der Waals surface area contributed by atoms with Gasteiger partial charge in [0, 0.05) is 17.0 Å². The van der Waals surface area contributed by atoms with Gasteiger partial charge in [-0.2, -0.15) is 0 Å². The van der Waals surface area contributed by atoms with Crippen LogP contribution in [0, 0.1) is 0 Å². The quantitative estimate of drug-likeness (QED) is 0.533. The van der Waals surface area contributed by atoms with E-state index in [9.17, 15) is 0 Å². The zero-order valence-corrected chi connectivity index (χ0v) is 7.84. The second kappa shape index (κ2) is 3.54. The molecule has 70 valence electrons. The van der Waals surface area contributed by atoms with E-state index < -0.39 is 0 Å². The van der Waals surface area contributed by atoms with Crippen LogP contribution >= 0.6 is 11.6 Å². The van der Waals surface area contributed by atoms with E-state index in [2.05, 4.69) is 5.43 Å². The van der Waals surface area contributed by atoms with E-state index in [1.165, 1.54) is 0 Å². The molecular weight excluding hydrogens is 188 g/mol. The first-order chi connectivity index (χ1) is 6.31. The SMILES string of the molecule is NN[C@@H]1CCOc2ccc(Cl)cc21. The van der Waals surface area contributed by atoms with Crippen LogP contribution in [0.3, 0.4) is 0 Å². The Hall–Kier alpha value is -0.770. The molecule has 0 unspecified atom stereocenters. The number of hydrazine groups is 1. The molecule has 0 bridgehead atoms. The van der Waals surface area contributed by atoms with Crippen LogP contribution in [-0.2, 0) is 0 Å². The minimum absolute atomic E-state index is 0.155. The Bertz CT molecular complexity index is 316. The lowest BCUT2D eigenvalue weighted by molar-refractivity contribution is 0.253.